The highest BCUT2D eigenvalue weighted by atomic mass is 32.2. The third kappa shape index (κ3) is 3.22. The third-order valence-electron chi connectivity index (χ3n) is 3.50. The molecule has 0 spiro atoms. The van der Waals surface area contributed by atoms with Crippen molar-refractivity contribution in [2.24, 2.45) is 5.73 Å². The van der Waals surface area contributed by atoms with Crippen molar-refractivity contribution >= 4 is 33.1 Å². The summed E-state index contributed by atoms with van der Waals surface area (Å²) in [5.41, 5.74) is 6.88. The van der Waals surface area contributed by atoms with Gasteiger partial charge in [-0.15, -0.1) is 0 Å². The van der Waals surface area contributed by atoms with E-state index in [0.29, 0.717) is 24.1 Å². The number of nitrogens with zero attached hydrogens (tertiary/aromatic N) is 1. The molecule has 2 rings (SSSR count). The van der Waals surface area contributed by atoms with E-state index in [1.807, 2.05) is 0 Å². The summed E-state index contributed by atoms with van der Waals surface area (Å²) in [4.78, 5) is 13.6. The van der Waals surface area contributed by atoms with Crippen LogP contribution in [-0.4, -0.2) is 43.8 Å². The maximum absolute atomic E-state index is 12.3. The summed E-state index contributed by atoms with van der Waals surface area (Å²) in [6.07, 6.45) is 0.471. The van der Waals surface area contributed by atoms with Crippen LogP contribution in [0.3, 0.4) is 0 Å². The number of hydrogen-bond acceptors (Lipinski definition) is 4. The van der Waals surface area contributed by atoms with Crippen LogP contribution in [0.15, 0.2) is 23.1 Å². The van der Waals surface area contributed by atoms with Crippen molar-refractivity contribution in [2.75, 3.05) is 13.6 Å². The van der Waals surface area contributed by atoms with Crippen molar-refractivity contribution in [1.29, 1.82) is 0 Å². The number of benzene rings is 1. The summed E-state index contributed by atoms with van der Waals surface area (Å²) < 4.78 is 27.1. The molecule has 114 valence electrons. The molecule has 1 aliphatic rings. The smallest absolute Gasteiger partial charge is 0.241 e. The van der Waals surface area contributed by atoms with Gasteiger partial charge in [0.15, 0.2) is 0 Å². The van der Waals surface area contributed by atoms with E-state index in [9.17, 15) is 13.2 Å². The fraction of sp³-hybridized carbons (Fsp3) is 0.385. The lowest BCUT2D eigenvalue weighted by atomic mass is 10.1. The number of carbonyl (C=O) groups is 1. The number of likely N-dealkylation sites (N-methyl/N-ethyl adjacent to an activating group) is 1. The molecule has 1 fully saturated rings. The number of thiocarbonyl (C=S) groups is 1. The molecule has 1 aromatic carbocycles. The van der Waals surface area contributed by atoms with E-state index >= 15 is 0 Å². The minimum Gasteiger partial charge on any atom is -0.389 e. The van der Waals surface area contributed by atoms with E-state index in [1.165, 1.54) is 17.0 Å². The lowest BCUT2D eigenvalue weighted by Crippen LogP contribution is -2.40. The zero-order valence-electron chi connectivity index (χ0n) is 11.8. The molecule has 0 bridgehead atoms. The number of nitrogens with one attached hydrogen (secondary N) is 1. The van der Waals surface area contributed by atoms with E-state index in [0.717, 1.165) is 0 Å². The molecule has 1 heterocycles. The second-order valence-electron chi connectivity index (χ2n) is 5.06. The van der Waals surface area contributed by atoms with Crippen molar-refractivity contribution < 1.29 is 13.2 Å². The molecule has 6 nitrogen and oxygen atoms in total. The number of likely N-dealkylation sites (tertiary alicyclic amines) is 1. The van der Waals surface area contributed by atoms with Crippen LogP contribution in [0.1, 0.15) is 17.5 Å². The molecule has 21 heavy (non-hydrogen) atoms. The zero-order chi connectivity index (χ0) is 15.8. The minimum absolute atomic E-state index is 0.0994. The SMILES string of the molecule is Cc1cc(S(=O)(=O)NC2CCN(C)C2=O)ccc1C(N)=S. The molecule has 1 saturated heterocycles. The number of aryl methyl sites for hydroxylation is 1. The highest BCUT2D eigenvalue weighted by Crippen LogP contribution is 2.18. The number of sulfonamides is 1. The number of nitrogens with two attached hydrogens (primary N) is 1. The molecule has 0 saturated carbocycles. The number of carbonyl (C=O) groups excluding carboxylic acids is 1. The van der Waals surface area contributed by atoms with Crippen molar-refractivity contribution in [3.8, 4) is 0 Å². The summed E-state index contributed by atoms with van der Waals surface area (Å²) >= 11 is 4.89. The highest BCUT2D eigenvalue weighted by Gasteiger charge is 2.32. The van der Waals surface area contributed by atoms with Crippen LogP contribution in [0.4, 0.5) is 0 Å². The Bertz CT molecular complexity index is 701. The summed E-state index contributed by atoms with van der Waals surface area (Å²) in [5.74, 6) is -0.213. The van der Waals surface area contributed by atoms with E-state index in [2.05, 4.69) is 4.72 Å². The summed E-state index contributed by atoms with van der Waals surface area (Å²) in [5, 5.41) is 0. The monoisotopic (exact) mass is 327 g/mol. The molecule has 1 aromatic rings. The van der Waals surface area contributed by atoms with Gasteiger partial charge in [-0.3, -0.25) is 4.79 Å². The van der Waals surface area contributed by atoms with Gasteiger partial charge in [0.2, 0.25) is 15.9 Å². The predicted molar refractivity (Wildman–Crippen MR) is 83.4 cm³/mol. The molecule has 1 amide bonds. The first-order valence-corrected chi connectivity index (χ1v) is 8.29. The van der Waals surface area contributed by atoms with Gasteiger partial charge in [0.1, 0.15) is 11.0 Å². The van der Waals surface area contributed by atoms with Gasteiger partial charge in [-0.25, -0.2) is 8.42 Å². The van der Waals surface area contributed by atoms with E-state index in [1.54, 1.807) is 20.0 Å². The van der Waals surface area contributed by atoms with E-state index in [4.69, 9.17) is 18.0 Å². The largest absolute Gasteiger partial charge is 0.389 e. The Hall–Kier alpha value is -1.51. The van der Waals surface area contributed by atoms with Crippen molar-refractivity contribution in [2.45, 2.75) is 24.3 Å². The second kappa shape index (κ2) is 5.70. The van der Waals surface area contributed by atoms with Gasteiger partial charge in [0, 0.05) is 19.2 Å². The first kappa shape index (κ1) is 15.9. The Morgan fingerprint density at radius 1 is 1.48 bits per heavy atom. The van der Waals surface area contributed by atoms with Gasteiger partial charge in [0.05, 0.1) is 4.90 Å². The van der Waals surface area contributed by atoms with Crippen molar-refractivity contribution in [3.05, 3.63) is 29.3 Å². The van der Waals surface area contributed by atoms with Crippen molar-refractivity contribution in [3.63, 3.8) is 0 Å². The quantitative estimate of drug-likeness (QED) is 0.767. The van der Waals surface area contributed by atoms with E-state index < -0.39 is 16.1 Å². The van der Waals surface area contributed by atoms with Gasteiger partial charge < -0.3 is 10.6 Å². The average molecular weight is 327 g/mol. The Labute approximate surface area is 129 Å². The highest BCUT2D eigenvalue weighted by molar-refractivity contribution is 7.89. The molecule has 1 aliphatic heterocycles. The lowest BCUT2D eigenvalue weighted by Gasteiger charge is -2.14. The van der Waals surface area contributed by atoms with Crippen LogP contribution in [-0.2, 0) is 14.8 Å². The first-order valence-electron chi connectivity index (χ1n) is 6.40. The number of rotatable bonds is 4. The van der Waals surface area contributed by atoms with Crippen LogP contribution >= 0.6 is 12.2 Å². The van der Waals surface area contributed by atoms with Crippen LogP contribution in [0, 0.1) is 6.92 Å². The average Bonchev–Trinajstić information content (AvgIpc) is 2.69. The molecule has 0 aromatic heterocycles. The van der Waals surface area contributed by atoms with Crippen LogP contribution in [0.2, 0.25) is 0 Å². The first-order chi connectivity index (χ1) is 9.72. The molecular weight excluding hydrogens is 310 g/mol. The molecule has 3 N–H and O–H groups in total. The second-order valence-corrected chi connectivity index (χ2v) is 7.22. The van der Waals surface area contributed by atoms with Gasteiger partial charge in [-0.2, -0.15) is 4.72 Å². The maximum Gasteiger partial charge on any atom is 0.241 e. The normalized spacial score (nSPS) is 19.0. The minimum atomic E-state index is -3.75. The third-order valence-corrected chi connectivity index (χ3v) is 5.19. The zero-order valence-corrected chi connectivity index (χ0v) is 13.4. The lowest BCUT2D eigenvalue weighted by molar-refractivity contribution is -0.127. The molecule has 0 radical (unpaired) electrons. The Kier molecular flexibility index (Phi) is 4.31. The number of hydrogen-bond donors (Lipinski definition) is 2. The van der Waals surface area contributed by atoms with Gasteiger partial charge >= 0.3 is 0 Å². The Morgan fingerprint density at radius 3 is 2.62 bits per heavy atom. The van der Waals surface area contributed by atoms with E-state index in [-0.39, 0.29) is 15.8 Å². The number of amides is 1. The van der Waals surface area contributed by atoms with Crippen molar-refractivity contribution in [1.82, 2.24) is 9.62 Å². The maximum atomic E-state index is 12.3. The molecule has 1 atom stereocenters. The van der Waals surface area contributed by atoms with Crippen LogP contribution < -0.4 is 10.5 Å². The summed E-state index contributed by atoms with van der Waals surface area (Å²) in [7, 11) is -2.10. The molecule has 1 unspecified atom stereocenters. The Balaban J connectivity index is 2.26. The summed E-state index contributed by atoms with van der Waals surface area (Å²) in [6.45, 7) is 2.29. The van der Waals surface area contributed by atoms with Crippen LogP contribution in [0.25, 0.3) is 0 Å². The fourth-order valence-electron chi connectivity index (χ4n) is 2.27. The standard InChI is InChI=1S/C13H17N3O3S2/c1-8-7-9(3-4-10(8)12(14)20)21(18,19)15-11-5-6-16(2)13(11)17/h3-4,7,11,15H,5-6H2,1-2H3,(H2,14,20). The summed E-state index contributed by atoms with van der Waals surface area (Å²) in [6, 6.07) is 3.82. The fourth-order valence-corrected chi connectivity index (χ4v) is 3.80. The van der Waals surface area contributed by atoms with Gasteiger partial charge in [-0.05, 0) is 31.0 Å². The van der Waals surface area contributed by atoms with Gasteiger partial charge in [-0.1, -0.05) is 18.3 Å². The topological polar surface area (TPSA) is 92.5 Å². The molecular formula is C13H17N3O3S2. The Morgan fingerprint density at radius 2 is 2.14 bits per heavy atom. The molecule has 8 heteroatoms. The predicted octanol–water partition coefficient (Wildman–Crippen LogP) is 0.138. The van der Waals surface area contributed by atoms with Gasteiger partial charge in [0.25, 0.3) is 0 Å². The molecule has 0 aliphatic carbocycles. The van der Waals surface area contributed by atoms with Crippen LogP contribution in [0.5, 0.6) is 0 Å².